The number of benzene rings is 1. The molecule has 0 saturated heterocycles. The minimum Gasteiger partial charge on any atom is -0.490 e. The zero-order valence-corrected chi connectivity index (χ0v) is 12.7. The third-order valence-corrected chi connectivity index (χ3v) is 2.82. The van der Waals surface area contributed by atoms with Gasteiger partial charge in [0.2, 0.25) is 0 Å². The molecule has 0 aliphatic carbocycles. The lowest BCUT2D eigenvalue weighted by molar-refractivity contribution is -0.136. The van der Waals surface area contributed by atoms with Crippen molar-refractivity contribution in [1.29, 1.82) is 0 Å². The zero-order valence-electron chi connectivity index (χ0n) is 12.7. The SMILES string of the molecule is CCOc1cc(/C=C2\C(=O)ON=C2C)ccc1OC(C)C. The Morgan fingerprint density at radius 3 is 2.67 bits per heavy atom. The topological polar surface area (TPSA) is 57.1 Å². The first-order valence-electron chi connectivity index (χ1n) is 6.92. The maximum Gasteiger partial charge on any atom is 0.367 e. The van der Waals surface area contributed by atoms with E-state index in [1.165, 1.54) is 0 Å². The highest BCUT2D eigenvalue weighted by Gasteiger charge is 2.21. The largest absolute Gasteiger partial charge is 0.490 e. The predicted molar refractivity (Wildman–Crippen MR) is 80.6 cm³/mol. The molecule has 0 fully saturated rings. The van der Waals surface area contributed by atoms with Crippen LogP contribution in [0, 0.1) is 0 Å². The third-order valence-electron chi connectivity index (χ3n) is 2.82. The summed E-state index contributed by atoms with van der Waals surface area (Å²) in [4.78, 5) is 16.2. The maximum atomic E-state index is 11.6. The summed E-state index contributed by atoms with van der Waals surface area (Å²) in [7, 11) is 0. The van der Waals surface area contributed by atoms with E-state index < -0.39 is 5.97 Å². The van der Waals surface area contributed by atoms with Crippen LogP contribution < -0.4 is 9.47 Å². The van der Waals surface area contributed by atoms with Crippen LogP contribution in [-0.2, 0) is 9.63 Å². The Labute approximate surface area is 124 Å². The van der Waals surface area contributed by atoms with Crippen molar-refractivity contribution in [3.63, 3.8) is 0 Å². The molecule has 0 amide bonds. The van der Waals surface area contributed by atoms with E-state index in [0.717, 1.165) is 5.56 Å². The van der Waals surface area contributed by atoms with Crippen molar-refractivity contribution < 1.29 is 19.1 Å². The number of nitrogens with zero attached hydrogens (tertiary/aromatic N) is 1. The van der Waals surface area contributed by atoms with Crippen molar-refractivity contribution in [3.05, 3.63) is 29.3 Å². The summed E-state index contributed by atoms with van der Waals surface area (Å²) in [6.07, 6.45) is 1.79. The second-order valence-corrected chi connectivity index (χ2v) is 4.92. The van der Waals surface area contributed by atoms with Gasteiger partial charge >= 0.3 is 5.97 Å². The van der Waals surface area contributed by atoms with E-state index in [4.69, 9.17) is 9.47 Å². The van der Waals surface area contributed by atoms with Gasteiger partial charge in [0.1, 0.15) is 0 Å². The lowest BCUT2D eigenvalue weighted by Crippen LogP contribution is -2.07. The van der Waals surface area contributed by atoms with Gasteiger partial charge in [-0.15, -0.1) is 0 Å². The summed E-state index contributed by atoms with van der Waals surface area (Å²) < 4.78 is 11.3. The van der Waals surface area contributed by atoms with Crippen LogP contribution in [0.2, 0.25) is 0 Å². The van der Waals surface area contributed by atoms with Crippen molar-refractivity contribution in [2.24, 2.45) is 5.16 Å². The Morgan fingerprint density at radius 1 is 1.33 bits per heavy atom. The molecule has 0 radical (unpaired) electrons. The van der Waals surface area contributed by atoms with Gasteiger partial charge in [-0.3, -0.25) is 0 Å². The highest BCUT2D eigenvalue weighted by molar-refractivity contribution is 6.24. The molecule has 5 heteroatoms. The van der Waals surface area contributed by atoms with E-state index in [-0.39, 0.29) is 6.10 Å². The fraction of sp³-hybridized carbons (Fsp3) is 0.375. The smallest absolute Gasteiger partial charge is 0.367 e. The van der Waals surface area contributed by atoms with Crippen molar-refractivity contribution in [1.82, 2.24) is 0 Å². The number of carbonyl (C=O) groups excluding carboxylic acids is 1. The second-order valence-electron chi connectivity index (χ2n) is 4.92. The van der Waals surface area contributed by atoms with Crippen LogP contribution in [0.1, 0.15) is 33.3 Å². The quantitative estimate of drug-likeness (QED) is 0.617. The van der Waals surface area contributed by atoms with Gasteiger partial charge in [0, 0.05) is 0 Å². The fourth-order valence-corrected chi connectivity index (χ4v) is 1.92. The summed E-state index contributed by atoms with van der Waals surface area (Å²) in [5.74, 6) is 0.905. The van der Waals surface area contributed by atoms with Crippen LogP contribution in [0.25, 0.3) is 6.08 Å². The molecular weight excluding hydrogens is 270 g/mol. The van der Waals surface area contributed by atoms with E-state index in [0.29, 0.717) is 29.4 Å². The molecule has 0 bridgehead atoms. The van der Waals surface area contributed by atoms with Crippen LogP contribution in [0.15, 0.2) is 28.9 Å². The third kappa shape index (κ3) is 3.62. The lowest BCUT2D eigenvalue weighted by atomic mass is 10.1. The summed E-state index contributed by atoms with van der Waals surface area (Å²) in [6, 6.07) is 5.54. The molecule has 1 aromatic rings. The second kappa shape index (κ2) is 6.43. The summed E-state index contributed by atoms with van der Waals surface area (Å²) in [5.41, 5.74) is 1.85. The van der Waals surface area contributed by atoms with Crippen molar-refractivity contribution >= 4 is 17.8 Å². The van der Waals surface area contributed by atoms with Crippen LogP contribution in [0.5, 0.6) is 11.5 Å². The monoisotopic (exact) mass is 289 g/mol. The molecule has 0 spiro atoms. The molecule has 2 rings (SSSR count). The molecule has 112 valence electrons. The van der Waals surface area contributed by atoms with Crippen LogP contribution in [0.4, 0.5) is 0 Å². The van der Waals surface area contributed by atoms with Gasteiger partial charge in [-0.2, -0.15) is 0 Å². The highest BCUT2D eigenvalue weighted by atomic mass is 16.7. The number of hydrogen-bond acceptors (Lipinski definition) is 5. The number of carbonyl (C=O) groups is 1. The molecule has 1 aliphatic rings. The van der Waals surface area contributed by atoms with Gasteiger partial charge in [0.15, 0.2) is 11.5 Å². The average molecular weight is 289 g/mol. The predicted octanol–water partition coefficient (Wildman–Crippen LogP) is 3.19. The van der Waals surface area contributed by atoms with Crippen molar-refractivity contribution in [2.45, 2.75) is 33.8 Å². The zero-order chi connectivity index (χ0) is 15.4. The summed E-state index contributed by atoms with van der Waals surface area (Å²) >= 11 is 0. The molecular formula is C16H19NO4. The minimum atomic E-state index is -0.437. The first-order valence-corrected chi connectivity index (χ1v) is 6.92. The molecule has 1 heterocycles. The average Bonchev–Trinajstić information content (AvgIpc) is 2.73. The first-order chi connectivity index (χ1) is 10.0. The minimum absolute atomic E-state index is 0.0626. The van der Waals surface area contributed by atoms with E-state index in [2.05, 4.69) is 9.99 Å². The molecule has 21 heavy (non-hydrogen) atoms. The number of oxime groups is 1. The van der Waals surface area contributed by atoms with Crippen LogP contribution in [0.3, 0.4) is 0 Å². The Bertz CT molecular complexity index is 602. The Morgan fingerprint density at radius 2 is 2.10 bits per heavy atom. The van der Waals surface area contributed by atoms with Gasteiger partial charge in [-0.1, -0.05) is 11.2 Å². The van der Waals surface area contributed by atoms with E-state index in [1.807, 2.05) is 39.0 Å². The standard InChI is InChI=1S/C16H19NO4/c1-5-19-15-9-12(6-7-14(15)20-10(2)3)8-13-11(4)17-21-16(13)18/h6-10H,5H2,1-4H3/b13-8-. The first kappa shape index (κ1) is 15.1. The van der Waals surface area contributed by atoms with Gasteiger partial charge < -0.3 is 14.3 Å². The molecule has 1 aromatic carbocycles. The Hall–Kier alpha value is -2.30. The van der Waals surface area contributed by atoms with Crippen molar-refractivity contribution in [3.8, 4) is 11.5 Å². The molecule has 0 saturated carbocycles. The number of hydrogen-bond donors (Lipinski definition) is 0. The maximum absolute atomic E-state index is 11.6. The van der Waals surface area contributed by atoms with Crippen LogP contribution >= 0.6 is 0 Å². The Kier molecular flexibility index (Phi) is 4.62. The number of ether oxygens (including phenoxy) is 2. The van der Waals surface area contributed by atoms with Gasteiger partial charge in [-0.25, -0.2) is 4.79 Å². The van der Waals surface area contributed by atoms with Gasteiger partial charge in [0.25, 0.3) is 0 Å². The van der Waals surface area contributed by atoms with Crippen molar-refractivity contribution in [2.75, 3.05) is 6.61 Å². The molecule has 0 N–H and O–H groups in total. The lowest BCUT2D eigenvalue weighted by Gasteiger charge is -2.15. The molecule has 1 aliphatic heterocycles. The molecule has 0 atom stereocenters. The molecule has 5 nitrogen and oxygen atoms in total. The van der Waals surface area contributed by atoms with E-state index in [9.17, 15) is 4.79 Å². The number of rotatable bonds is 5. The molecule has 0 aromatic heterocycles. The Balaban J connectivity index is 2.33. The fourth-order valence-electron chi connectivity index (χ4n) is 1.92. The summed E-state index contributed by atoms with van der Waals surface area (Å²) in [6.45, 7) is 8.10. The normalized spacial score (nSPS) is 16.1. The summed E-state index contributed by atoms with van der Waals surface area (Å²) in [5, 5.41) is 3.65. The van der Waals surface area contributed by atoms with Crippen LogP contribution in [-0.4, -0.2) is 24.4 Å². The highest BCUT2D eigenvalue weighted by Crippen LogP contribution is 2.30. The van der Waals surface area contributed by atoms with Gasteiger partial charge in [-0.05, 0) is 51.5 Å². The van der Waals surface area contributed by atoms with Gasteiger partial charge in [0.05, 0.1) is 24.0 Å². The van der Waals surface area contributed by atoms with E-state index in [1.54, 1.807) is 13.0 Å². The molecule has 0 unspecified atom stereocenters. The van der Waals surface area contributed by atoms with E-state index >= 15 is 0 Å².